The first-order valence-corrected chi connectivity index (χ1v) is 17.2. The van der Waals surface area contributed by atoms with Crippen LogP contribution in [-0.2, 0) is 5.41 Å². The fourth-order valence-corrected chi connectivity index (χ4v) is 10.6. The molecule has 4 nitrogen and oxygen atoms in total. The summed E-state index contributed by atoms with van der Waals surface area (Å²) in [5.41, 5.74) is 10.6. The summed E-state index contributed by atoms with van der Waals surface area (Å²) in [7, 11) is 0. The Labute approximate surface area is 273 Å². The number of furan rings is 1. The van der Waals surface area contributed by atoms with E-state index in [-0.39, 0.29) is 5.41 Å². The summed E-state index contributed by atoms with van der Waals surface area (Å²) in [6, 6.07) is 40.8. The van der Waals surface area contributed by atoms with Gasteiger partial charge in [0.15, 0.2) is 17.5 Å². The highest BCUT2D eigenvalue weighted by Crippen LogP contribution is 2.71. The number of hydrogen-bond acceptors (Lipinski definition) is 4. The van der Waals surface area contributed by atoms with Crippen LogP contribution in [0.15, 0.2) is 120 Å². The molecule has 226 valence electrons. The Hall–Kier alpha value is -5.09. The average Bonchev–Trinajstić information content (AvgIpc) is 3.65. The summed E-state index contributed by atoms with van der Waals surface area (Å²) in [4.78, 5) is 15.5. The number of fused-ring (bicyclic) bond motifs is 7. The number of hydrogen-bond donors (Lipinski definition) is 0. The lowest BCUT2D eigenvalue weighted by atomic mass is 9.43. The van der Waals surface area contributed by atoms with Gasteiger partial charge in [-0.25, -0.2) is 15.0 Å². The van der Waals surface area contributed by atoms with Crippen molar-refractivity contribution < 1.29 is 4.42 Å². The van der Waals surface area contributed by atoms with E-state index in [1.54, 1.807) is 0 Å². The van der Waals surface area contributed by atoms with Crippen molar-refractivity contribution in [3.63, 3.8) is 0 Å². The van der Waals surface area contributed by atoms with Crippen LogP contribution in [0.3, 0.4) is 0 Å². The molecule has 0 saturated heterocycles. The third-order valence-corrected chi connectivity index (χ3v) is 12.1. The van der Waals surface area contributed by atoms with E-state index in [1.165, 1.54) is 65.1 Å². The topological polar surface area (TPSA) is 51.8 Å². The molecular formula is C43H33N3O. The zero-order chi connectivity index (χ0) is 30.7. The monoisotopic (exact) mass is 607 g/mol. The molecule has 0 atom stereocenters. The van der Waals surface area contributed by atoms with Crippen LogP contribution in [0, 0.1) is 23.7 Å². The van der Waals surface area contributed by atoms with Crippen molar-refractivity contribution in [2.24, 2.45) is 23.7 Å². The molecule has 0 N–H and O–H groups in total. The molecule has 0 radical (unpaired) electrons. The van der Waals surface area contributed by atoms with Gasteiger partial charge in [0.2, 0.25) is 0 Å². The smallest absolute Gasteiger partial charge is 0.164 e. The number of aromatic nitrogens is 3. The fraction of sp³-hybridized carbons (Fsp3) is 0.233. The normalized spacial score (nSPS) is 25.1. The van der Waals surface area contributed by atoms with Gasteiger partial charge in [0.05, 0.1) is 0 Å². The van der Waals surface area contributed by atoms with E-state index >= 15 is 0 Å². The fourth-order valence-electron chi connectivity index (χ4n) is 10.6. The second kappa shape index (κ2) is 9.48. The summed E-state index contributed by atoms with van der Waals surface area (Å²) in [6.07, 6.45) is 6.68. The van der Waals surface area contributed by atoms with Crippen LogP contribution < -0.4 is 0 Å². The minimum atomic E-state index is -0.0565. The minimum Gasteiger partial charge on any atom is -0.456 e. The van der Waals surface area contributed by atoms with E-state index in [1.807, 2.05) is 36.4 Å². The van der Waals surface area contributed by atoms with Crippen molar-refractivity contribution in [3.8, 4) is 45.3 Å². The van der Waals surface area contributed by atoms with E-state index in [2.05, 4.69) is 78.9 Å². The average molecular weight is 608 g/mol. The lowest BCUT2D eigenvalue weighted by molar-refractivity contribution is -0.0396. The van der Waals surface area contributed by atoms with Crippen molar-refractivity contribution in [3.05, 3.63) is 126 Å². The molecule has 5 aromatic carbocycles. The second-order valence-electron chi connectivity index (χ2n) is 14.4. The van der Waals surface area contributed by atoms with Gasteiger partial charge in [-0.1, -0.05) is 103 Å². The first kappa shape index (κ1) is 26.0. The lowest BCUT2D eigenvalue weighted by Crippen LogP contribution is -2.55. The van der Waals surface area contributed by atoms with Crippen molar-refractivity contribution in [1.82, 2.24) is 15.0 Å². The van der Waals surface area contributed by atoms with Crippen LogP contribution >= 0.6 is 0 Å². The molecule has 2 aromatic heterocycles. The molecule has 4 heteroatoms. The Morgan fingerprint density at radius 1 is 0.511 bits per heavy atom. The summed E-state index contributed by atoms with van der Waals surface area (Å²) in [5.74, 6) is 5.07. The predicted molar refractivity (Wildman–Crippen MR) is 187 cm³/mol. The van der Waals surface area contributed by atoms with Crippen molar-refractivity contribution in [2.75, 3.05) is 0 Å². The van der Waals surface area contributed by atoms with Gasteiger partial charge in [0.1, 0.15) is 11.2 Å². The van der Waals surface area contributed by atoms with E-state index in [0.717, 1.165) is 45.5 Å². The Bertz CT molecular complexity index is 2290. The molecule has 4 fully saturated rings. The van der Waals surface area contributed by atoms with Crippen LogP contribution in [-0.4, -0.2) is 15.0 Å². The molecule has 5 aliphatic rings. The highest BCUT2D eigenvalue weighted by molar-refractivity contribution is 6.10. The van der Waals surface area contributed by atoms with E-state index < -0.39 is 0 Å². The standard InChI is InChI=1S/C43H33N3O/c1-3-10-27(11-4-1)40-44-41(28-12-5-2-6-13-28)46-42(45-40)34-15-9-16-35-37(34)33-19-18-32-31-14-7-8-17-36(31)47-39(32)38(33)43(35)29-21-25-20-26(23-29)24-30(43)22-25/h1-19,25-26,29-30H,20-24H2. The van der Waals surface area contributed by atoms with Gasteiger partial charge in [-0.2, -0.15) is 0 Å². The number of rotatable bonds is 3. The summed E-state index contributed by atoms with van der Waals surface area (Å²) in [6.45, 7) is 0. The first-order valence-electron chi connectivity index (χ1n) is 17.2. The Kier molecular flexibility index (Phi) is 5.25. The molecule has 0 aliphatic heterocycles. The van der Waals surface area contributed by atoms with Crippen LogP contribution in [0.4, 0.5) is 0 Å². The number of benzene rings is 5. The molecule has 7 aromatic rings. The van der Waals surface area contributed by atoms with Gasteiger partial charge in [-0.05, 0) is 84.6 Å². The summed E-state index contributed by atoms with van der Waals surface area (Å²) in [5, 5.41) is 2.44. The minimum absolute atomic E-state index is 0.0565. The van der Waals surface area contributed by atoms with E-state index in [4.69, 9.17) is 19.4 Å². The van der Waals surface area contributed by atoms with Gasteiger partial charge in [-0.15, -0.1) is 0 Å². The summed E-state index contributed by atoms with van der Waals surface area (Å²) < 4.78 is 6.92. The van der Waals surface area contributed by atoms with Crippen molar-refractivity contribution in [2.45, 2.75) is 37.5 Å². The van der Waals surface area contributed by atoms with Gasteiger partial charge >= 0.3 is 0 Å². The molecule has 4 bridgehead atoms. The molecule has 0 unspecified atom stereocenters. The van der Waals surface area contributed by atoms with Crippen LogP contribution in [0.1, 0.15) is 43.2 Å². The second-order valence-corrected chi connectivity index (χ2v) is 14.4. The highest BCUT2D eigenvalue weighted by atomic mass is 16.3. The molecule has 12 rings (SSSR count). The summed E-state index contributed by atoms with van der Waals surface area (Å²) >= 11 is 0. The van der Waals surface area contributed by atoms with Crippen LogP contribution in [0.2, 0.25) is 0 Å². The quantitative estimate of drug-likeness (QED) is 0.201. The predicted octanol–water partition coefficient (Wildman–Crippen LogP) is 10.5. The van der Waals surface area contributed by atoms with Gasteiger partial charge < -0.3 is 4.42 Å². The lowest BCUT2D eigenvalue weighted by Gasteiger charge is -2.61. The zero-order valence-corrected chi connectivity index (χ0v) is 26.1. The van der Waals surface area contributed by atoms with Crippen LogP contribution in [0.5, 0.6) is 0 Å². The maximum absolute atomic E-state index is 6.92. The zero-order valence-electron chi connectivity index (χ0n) is 26.1. The Balaban J connectivity index is 1.22. The van der Waals surface area contributed by atoms with Gasteiger partial charge in [0, 0.05) is 38.4 Å². The largest absolute Gasteiger partial charge is 0.456 e. The van der Waals surface area contributed by atoms with Gasteiger partial charge in [0.25, 0.3) is 0 Å². The molecule has 0 amide bonds. The Morgan fingerprint density at radius 2 is 1.13 bits per heavy atom. The van der Waals surface area contributed by atoms with E-state index in [9.17, 15) is 0 Å². The van der Waals surface area contributed by atoms with Gasteiger partial charge in [-0.3, -0.25) is 0 Å². The number of para-hydroxylation sites is 1. The third-order valence-electron chi connectivity index (χ3n) is 12.1. The van der Waals surface area contributed by atoms with Crippen LogP contribution in [0.25, 0.3) is 67.2 Å². The molecule has 4 saturated carbocycles. The molecule has 47 heavy (non-hydrogen) atoms. The Morgan fingerprint density at radius 3 is 1.81 bits per heavy atom. The highest BCUT2D eigenvalue weighted by Gasteiger charge is 2.62. The van der Waals surface area contributed by atoms with E-state index in [0.29, 0.717) is 23.5 Å². The van der Waals surface area contributed by atoms with Crippen molar-refractivity contribution in [1.29, 1.82) is 0 Å². The molecule has 5 aliphatic carbocycles. The molecular weight excluding hydrogens is 574 g/mol. The SMILES string of the molecule is c1ccc(-c2nc(-c3ccccc3)nc(-c3cccc4c3-c3ccc5c(oc6ccccc65)c3C43C4CC5CC(C4)CC3C5)n2)cc1. The third kappa shape index (κ3) is 3.51. The maximum atomic E-state index is 6.92. The number of nitrogens with zero attached hydrogens (tertiary/aromatic N) is 3. The van der Waals surface area contributed by atoms with Crippen molar-refractivity contribution >= 4 is 21.9 Å². The molecule has 1 spiro atoms. The maximum Gasteiger partial charge on any atom is 0.164 e. The molecule has 2 heterocycles. The first-order chi connectivity index (χ1) is 23.3.